The van der Waals surface area contributed by atoms with Gasteiger partial charge in [0.05, 0.1) is 11.0 Å². The SMILES string of the molecule is O=C(OCc1c(Br)noc1C1CC1)C1(CC(F)F)CC1. The molecule has 0 bridgehead atoms. The van der Waals surface area contributed by atoms with E-state index in [1.54, 1.807) is 0 Å². The molecule has 2 fully saturated rings. The molecule has 0 atom stereocenters. The van der Waals surface area contributed by atoms with Crippen molar-refractivity contribution < 1.29 is 22.8 Å². The normalized spacial score (nSPS) is 20.2. The molecule has 1 aromatic heterocycles. The van der Waals surface area contributed by atoms with Gasteiger partial charge in [0, 0.05) is 12.3 Å². The number of aromatic nitrogens is 1. The van der Waals surface area contributed by atoms with Crippen molar-refractivity contribution in [3.8, 4) is 0 Å². The first-order chi connectivity index (χ1) is 9.52. The van der Waals surface area contributed by atoms with Crippen molar-refractivity contribution in [3.05, 3.63) is 15.9 Å². The van der Waals surface area contributed by atoms with Crippen molar-refractivity contribution in [2.24, 2.45) is 5.41 Å². The van der Waals surface area contributed by atoms with Crippen LogP contribution < -0.4 is 0 Å². The fourth-order valence-corrected chi connectivity index (χ4v) is 2.71. The molecule has 20 heavy (non-hydrogen) atoms. The Hall–Kier alpha value is -0.980. The van der Waals surface area contributed by atoms with Crippen molar-refractivity contribution in [2.45, 2.75) is 51.1 Å². The van der Waals surface area contributed by atoms with E-state index in [-0.39, 0.29) is 6.61 Å². The van der Waals surface area contributed by atoms with Crippen LogP contribution in [0.25, 0.3) is 0 Å². The van der Waals surface area contributed by atoms with E-state index in [9.17, 15) is 13.6 Å². The lowest BCUT2D eigenvalue weighted by atomic mass is 10.0. The predicted molar refractivity (Wildman–Crippen MR) is 68.3 cm³/mol. The molecule has 0 spiro atoms. The second-order valence-corrected chi connectivity index (χ2v) is 6.29. The van der Waals surface area contributed by atoms with Crippen LogP contribution in [0, 0.1) is 5.41 Å². The Kier molecular flexibility index (Phi) is 3.56. The number of hydrogen-bond donors (Lipinski definition) is 0. The predicted octanol–water partition coefficient (Wildman–Crippen LogP) is 3.79. The van der Waals surface area contributed by atoms with E-state index in [1.165, 1.54) is 0 Å². The van der Waals surface area contributed by atoms with Gasteiger partial charge in [0.15, 0.2) is 4.60 Å². The molecule has 0 N–H and O–H groups in total. The van der Waals surface area contributed by atoms with E-state index >= 15 is 0 Å². The third-order valence-electron chi connectivity index (χ3n) is 3.90. The standard InChI is InChI=1S/C13H14BrF2NO3/c14-11-8(10(20-17-11)7-1-2-7)6-19-12(18)13(3-4-13)5-9(15)16/h7,9H,1-6H2. The fraction of sp³-hybridized carbons (Fsp3) is 0.692. The molecule has 1 aromatic rings. The van der Waals surface area contributed by atoms with E-state index in [0.717, 1.165) is 18.6 Å². The number of halogens is 3. The van der Waals surface area contributed by atoms with Gasteiger partial charge in [-0.1, -0.05) is 5.16 Å². The van der Waals surface area contributed by atoms with Gasteiger partial charge in [-0.15, -0.1) is 0 Å². The number of alkyl halides is 2. The van der Waals surface area contributed by atoms with Gasteiger partial charge in [0.1, 0.15) is 12.4 Å². The molecule has 0 unspecified atom stereocenters. The molecule has 0 saturated heterocycles. The zero-order valence-corrected chi connectivity index (χ0v) is 12.3. The zero-order chi connectivity index (χ0) is 14.3. The number of rotatable bonds is 6. The highest BCUT2D eigenvalue weighted by Crippen LogP contribution is 2.51. The maximum Gasteiger partial charge on any atom is 0.312 e. The molecular weight excluding hydrogens is 336 g/mol. The molecule has 2 saturated carbocycles. The van der Waals surface area contributed by atoms with Crippen LogP contribution in [0.15, 0.2) is 9.13 Å². The van der Waals surface area contributed by atoms with Crippen molar-refractivity contribution in [3.63, 3.8) is 0 Å². The number of ether oxygens (including phenoxy) is 1. The number of carbonyl (C=O) groups excluding carboxylic acids is 1. The van der Waals surface area contributed by atoms with Crippen LogP contribution in [0.1, 0.15) is 49.3 Å². The Bertz CT molecular complexity index is 524. The van der Waals surface area contributed by atoms with Crippen LogP contribution in [-0.4, -0.2) is 17.6 Å². The topological polar surface area (TPSA) is 52.3 Å². The molecule has 2 aliphatic rings. The Morgan fingerprint density at radius 1 is 1.50 bits per heavy atom. The largest absolute Gasteiger partial charge is 0.460 e. The Morgan fingerprint density at radius 2 is 2.20 bits per heavy atom. The minimum Gasteiger partial charge on any atom is -0.460 e. The summed E-state index contributed by atoms with van der Waals surface area (Å²) in [5.41, 5.74) is -0.244. The highest BCUT2D eigenvalue weighted by molar-refractivity contribution is 9.10. The van der Waals surface area contributed by atoms with Gasteiger partial charge in [-0.2, -0.15) is 0 Å². The first-order valence-corrected chi connectivity index (χ1v) is 7.40. The molecule has 0 radical (unpaired) electrons. The molecule has 0 aliphatic heterocycles. The maximum absolute atomic E-state index is 12.4. The molecule has 4 nitrogen and oxygen atoms in total. The Balaban J connectivity index is 1.62. The summed E-state index contributed by atoms with van der Waals surface area (Å²) in [4.78, 5) is 11.9. The lowest BCUT2D eigenvalue weighted by molar-refractivity contribution is -0.153. The minimum atomic E-state index is -2.48. The number of carbonyl (C=O) groups is 1. The van der Waals surface area contributed by atoms with Crippen LogP contribution in [0.3, 0.4) is 0 Å². The summed E-state index contributed by atoms with van der Waals surface area (Å²) < 4.78 is 35.8. The average molecular weight is 350 g/mol. The van der Waals surface area contributed by atoms with Crippen LogP contribution in [0.4, 0.5) is 8.78 Å². The monoisotopic (exact) mass is 349 g/mol. The van der Waals surface area contributed by atoms with Gasteiger partial charge in [0.2, 0.25) is 6.43 Å². The van der Waals surface area contributed by atoms with E-state index < -0.39 is 24.2 Å². The van der Waals surface area contributed by atoms with Crippen molar-refractivity contribution >= 4 is 21.9 Å². The summed E-state index contributed by atoms with van der Waals surface area (Å²) >= 11 is 3.25. The number of hydrogen-bond acceptors (Lipinski definition) is 4. The van der Waals surface area contributed by atoms with Crippen LogP contribution in [-0.2, 0) is 16.1 Å². The molecule has 0 aromatic carbocycles. The minimum absolute atomic E-state index is 0.0275. The van der Waals surface area contributed by atoms with Gasteiger partial charge in [-0.3, -0.25) is 4.79 Å². The van der Waals surface area contributed by atoms with Gasteiger partial charge in [-0.25, -0.2) is 8.78 Å². The Morgan fingerprint density at radius 3 is 2.75 bits per heavy atom. The van der Waals surface area contributed by atoms with Crippen molar-refractivity contribution in [1.29, 1.82) is 0 Å². The number of nitrogens with zero attached hydrogens (tertiary/aromatic N) is 1. The van der Waals surface area contributed by atoms with Crippen LogP contribution >= 0.6 is 15.9 Å². The zero-order valence-electron chi connectivity index (χ0n) is 10.7. The lowest BCUT2D eigenvalue weighted by Gasteiger charge is -2.13. The average Bonchev–Trinajstić information content (AvgIpc) is 3.28. The molecule has 110 valence electrons. The second kappa shape index (κ2) is 5.09. The first-order valence-electron chi connectivity index (χ1n) is 6.61. The number of esters is 1. The summed E-state index contributed by atoms with van der Waals surface area (Å²) in [6.07, 6.45) is 0.156. The van der Waals surface area contributed by atoms with Crippen molar-refractivity contribution in [2.75, 3.05) is 0 Å². The van der Waals surface area contributed by atoms with Gasteiger partial charge in [0.25, 0.3) is 0 Å². The quantitative estimate of drug-likeness (QED) is 0.733. The van der Waals surface area contributed by atoms with E-state index in [4.69, 9.17) is 9.26 Å². The molecular formula is C13H14BrF2NO3. The van der Waals surface area contributed by atoms with Crippen molar-refractivity contribution in [1.82, 2.24) is 5.16 Å². The molecule has 1 heterocycles. The van der Waals surface area contributed by atoms with Crippen LogP contribution in [0.2, 0.25) is 0 Å². The summed E-state index contributed by atoms with van der Waals surface area (Å²) in [5.74, 6) is 0.550. The van der Waals surface area contributed by atoms with Gasteiger partial charge < -0.3 is 9.26 Å². The molecule has 0 amide bonds. The smallest absolute Gasteiger partial charge is 0.312 e. The van der Waals surface area contributed by atoms with E-state index in [2.05, 4.69) is 21.1 Å². The Labute approximate surface area is 123 Å². The maximum atomic E-state index is 12.4. The third kappa shape index (κ3) is 2.73. The van der Waals surface area contributed by atoms with Gasteiger partial charge in [-0.05, 0) is 41.6 Å². The summed E-state index contributed by atoms with van der Waals surface area (Å²) in [5, 5.41) is 3.81. The highest BCUT2D eigenvalue weighted by atomic mass is 79.9. The lowest BCUT2D eigenvalue weighted by Crippen LogP contribution is -2.21. The fourth-order valence-electron chi connectivity index (χ4n) is 2.33. The van der Waals surface area contributed by atoms with E-state index in [1.807, 2.05) is 0 Å². The molecule has 2 aliphatic carbocycles. The molecule has 7 heteroatoms. The summed E-state index contributed by atoms with van der Waals surface area (Å²) in [7, 11) is 0. The third-order valence-corrected chi connectivity index (χ3v) is 4.52. The first kappa shape index (κ1) is 14.0. The van der Waals surface area contributed by atoms with Crippen LogP contribution in [0.5, 0.6) is 0 Å². The highest BCUT2D eigenvalue weighted by Gasteiger charge is 2.53. The second-order valence-electron chi connectivity index (χ2n) is 5.54. The van der Waals surface area contributed by atoms with E-state index in [0.29, 0.717) is 28.9 Å². The summed E-state index contributed by atoms with van der Waals surface area (Å²) in [6.45, 7) is 0.0275. The van der Waals surface area contributed by atoms with Gasteiger partial charge >= 0.3 is 5.97 Å². The molecule has 3 rings (SSSR count). The summed E-state index contributed by atoms with van der Waals surface area (Å²) in [6, 6.07) is 0.